The van der Waals surface area contributed by atoms with Gasteiger partial charge < -0.3 is 9.72 Å². The van der Waals surface area contributed by atoms with Crippen molar-refractivity contribution in [3.05, 3.63) is 55.5 Å². The minimum Gasteiger partial charge on any atom is -0.496 e. The molecular formula is C16H18N4O4S. The number of methoxy groups -OCH3 is 1. The topological polar surface area (TPSA) is 101 Å². The summed E-state index contributed by atoms with van der Waals surface area (Å²) in [6, 6.07) is 4.59. The number of nitrogens with zero attached hydrogens (tertiary/aromatic N) is 3. The summed E-state index contributed by atoms with van der Waals surface area (Å²) < 4.78 is 5.29. The summed E-state index contributed by atoms with van der Waals surface area (Å²) in [7, 11) is 1.49. The van der Waals surface area contributed by atoms with Gasteiger partial charge in [0.25, 0.3) is 11.2 Å². The molecule has 8 nitrogen and oxygen atoms in total. The first-order chi connectivity index (χ1) is 12.0. The van der Waals surface area contributed by atoms with Crippen LogP contribution in [0.2, 0.25) is 0 Å². The van der Waals surface area contributed by atoms with Gasteiger partial charge in [0.05, 0.1) is 29.4 Å². The monoisotopic (exact) mass is 362 g/mol. The quantitative estimate of drug-likeness (QED) is 0.375. The largest absolute Gasteiger partial charge is 0.496 e. The summed E-state index contributed by atoms with van der Waals surface area (Å²) in [4.78, 5) is 32.1. The average molecular weight is 362 g/mol. The fraction of sp³-hybridized carbons (Fsp3) is 0.375. The van der Waals surface area contributed by atoms with Gasteiger partial charge in [0.2, 0.25) is 0 Å². The Bertz CT molecular complexity index is 868. The summed E-state index contributed by atoms with van der Waals surface area (Å²) in [6.45, 7) is 1.80. The average Bonchev–Trinajstić information content (AvgIpc) is 2.62. The van der Waals surface area contributed by atoms with Crippen molar-refractivity contribution in [2.24, 2.45) is 0 Å². The molecular weight excluding hydrogens is 344 g/mol. The second-order valence-corrected chi connectivity index (χ2v) is 6.51. The number of non-ortho nitro benzene ring substituents is 1. The van der Waals surface area contributed by atoms with Crippen molar-refractivity contribution in [2.75, 3.05) is 19.9 Å². The number of aromatic amines is 1. The maximum atomic E-state index is 12.2. The highest BCUT2D eigenvalue weighted by Gasteiger charge is 2.22. The van der Waals surface area contributed by atoms with Crippen molar-refractivity contribution in [3.8, 4) is 5.75 Å². The Labute approximate surface area is 148 Å². The third kappa shape index (κ3) is 3.67. The zero-order valence-electron chi connectivity index (χ0n) is 13.9. The molecule has 0 aliphatic carbocycles. The molecule has 132 valence electrons. The third-order valence-corrected chi connectivity index (χ3v) is 4.77. The van der Waals surface area contributed by atoms with Gasteiger partial charge in [0.1, 0.15) is 5.75 Å². The standard InChI is InChI=1S/C16H18N4O4S/c1-24-14-7-11(20(22)23)4-3-10(14)8-19-6-5-13-12(9-19)15(21)18-16(17-13)25-2/h3-4,7H,5-6,8-9H2,1-2H3,(H,17,18,21). The highest BCUT2D eigenvalue weighted by atomic mass is 32.2. The number of aromatic nitrogens is 2. The van der Waals surface area contributed by atoms with Crippen molar-refractivity contribution in [3.63, 3.8) is 0 Å². The highest BCUT2D eigenvalue weighted by molar-refractivity contribution is 7.98. The predicted molar refractivity (Wildman–Crippen MR) is 94.1 cm³/mol. The van der Waals surface area contributed by atoms with Gasteiger partial charge in [-0.05, 0) is 12.3 Å². The lowest BCUT2D eigenvalue weighted by Crippen LogP contribution is -2.35. The smallest absolute Gasteiger partial charge is 0.273 e. The van der Waals surface area contributed by atoms with Crippen molar-refractivity contribution < 1.29 is 9.66 Å². The van der Waals surface area contributed by atoms with E-state index < -0.39 is 4.92 Å². The van der Waals surface area contributed by atoms with Crippen LogP contribution in [0.25, 0.3) is 0 Å². The fourth-order valence-electron chi connectivity index (χ4n) is 2.91. The number of hydrogen-bond donors (Lipinski definition) is 1. The summed E-state index contributed by atoms with van der Waals surface area (Å²) in [5, 5.41) is 11.5. The number of hydrogen-bond acceptors (Lipinski definition) is 7. The molecule has 0 fully saturated rings. The zero-order valence-corrected chi connectivity index (χ0v) is 14.8. The van der Waals surface area contributed by atoms with Gasteiger partial charge in [-0.25, -0.2) is 4.98 Å². The maximum absolute atomic E-state index is 12.2. The van der Waals surface area contributed by atoms with Crippen LogP contribution in [0.5, 0.6) is 5.75 Å². The lowest BCUT2D eigenvalue weighted by Gasteiger charge is -2.28. The molecule has 25 heavy (non-hydrogen) atoms. The SMILES string of the molecule is COc1cc([N+](=O)[O-])ccc1CN1CCc2nc(SC)[nH]c(=O)c2C1. The first-order valence-electron chi connectivity index (χ1n) is 7.71. The van der Waals surface area contributed by atoms with E-state index in [1.54, 1.807) is 6.07 Å². The Balaban J connectivity index is 1.82. The van der Waals surface area contributed by atoms with Crippen molar-refractivity contribution in [1.29, 1.82) is 0 Å². The molecule has 0 bridgehead atoms. The molecule has 0 unspecified atom stereocenters. The Morgan fingerprint density at radius 3 is 2.96 bits per heavy atom. The van der Waals surface area contributed by atoms with Crippen LogP contribution in [0.3, 0.4) is 0 Å². The minimum atomic E-state index is -0.446. The normalized spacial score (nSPS) is 14.2. The van der Waals surface area contributed by atoms with E-state index >= 15 is 0 Å². The van der Waals surface area contributed by atoms with Crippen LogP contribution in [-0.2, 0) is 19.5 Å². The molecule has 9 heteroatoms. The van der Waals surface area contributed by atoms with Crippen LogP contribution < -0.4 is 10.3 Å². The molecule has 0 amide bonds. The number of nitrogens with one attached hydrogen (secondary N) is 1. The molecule has 1 aliphatic heterocycles. The number of H-pyrrole nitrogens is 1. The van der Waals surface area contributed by atoms with Gasteiger partial charge in [-0.2, -0.15) is 0 Å². The molecule has 0 saturated heterocycles. The summed E-state index contributed by atoms with van der Waals surface area (Å²) in [6.07, 6.45) is 2.57. The predicted octanol–water partition coefficient (Wildman–Crippen LogP) is 1.97. The maximum Gasteiger partial charge on any atom is 0.273 e. The van der Waals surface area contributed by atoms with E-state index in [1.165, 1.54) is 31.0 Å². The zero-order chi connectivity index (χ0) is 18.0. The van der Waals surface area contributed by atoms with Gasteiger partial charge in [-0.3, -0.25) is 19.8 Å². The van der Waals surface area contributed by atoms with Crippen LogP contribution >= 0.6 is 11.8 Å². The van der Waals surface area contributed by atoms with Crippen molar-refractivity contribution in [2.45, 2.75) is 24.7 Å². The Morgan fingerprint density at radius 1 is 1.48 bits per heavy atom. The van der Waals surface area contributed by atoms with Gasteiger partial charge in [-0.1, -0.05) is 11.8 Å². The summed E-state index contributed by atoms with van der Waals surface area (Å²) in [5.41, 5.74) is 2.27. The molecule has 0 radical (unpaired) electrons. The molecule has 0 atom stereocenters. The van der Waals surface area contributed by atoms with Crippen LogP contribution in [0.4, 0.5) is 5.69 Å². The number of benzene rings is 1. The molecule has 0 spiro atoms. The molecule has 1 aromatic carbocycles. The summed E-state index contributed by atoms with van der Waals surface area (Å²) in [5.74, 6) is 0.477. The third-order valence-electron chi connectivity index (χ3n) is 4.19. The molecule has 2 aromatic rings. The number of thioether (sulfide) groups is 1. The molecule has 3 rings (SSSR count). The second kappa shape index (κ2) is 7.24. The van der Waals surface area contributed by atoms with E-state index in [4.69, 9.17) is 4.74 Å². The highest BCUT2D eigenvalue weighted by Crippen LogP contribution is 2.27. The molecule has 0 saturated carbocycles. The van der Waals surface area contributed by atoms with E-state index in [-0.39, 0.29) is 11.2 Å². The van der Waals surface area contributed by atoms with Crippen LogP contribution in [0.1, 0.15) is 16.8 Å². The Kier molecular flexibility index (Phi) is 5.05. The van der Waals surface area contributed by atoms with Gasteiger partial charge in [0.15, 0.2) is 5.16 Å². The van der Waals surface area contributed by atoms with Crippen LogP contribution in [0.15, 0.2) is 28.2 Å². The van der Waals surface area contributed by atoms with E-state index in [2.05, 4.69) is 14.9 Å². The van der Waals surface area contributed by atoms with Gasteiger partial charge >= 0.3 is 0 Å². The van der Waals surface area contributed by atoms with E-state index in [1.807, 2.05) is 6.26 Å². The number of nitro benzene ring substituents is 1. The fourth-order valence-corrected chi connectivity index (χ4v) is 3.30. The first kappa shape index (κ1) is 17.4. The number of ether oxygens (including phenoxy) is 1. The Morgan fingerprint density at radius 2 is 2.28 bits per heavy atom. The number of fused-ring (bicyclic) bond motifs is 1. The van der Waals surface area contributed by atoms with Crippen LogP contribution in [0, 0.1) is 10.1 Å². The van der Waals surface area contributed by atoms with Crippen molar-refractivity contribution in [1.82, 2.24) is 14.9 Å². The van der Waals surface area contributed by atoms with Gasteiger partial charge in [0, 0.05) is 37.7 Å². The lowest BCUT2D eigenvalue weighted by molar-refractivity contribution is -0.384. The van der Waals surface area contributed by atoms with Crippen molar-refractivity contribution >= 4 is 17.4 Å². The molecule has 1 N–H and O–H groups in total. The van der Waals surface area contributed by atoms with E-state index in [0.29, 0.717) is 36.0 Å². The minimum absolute atomic E-state index is 0.00479. The van der Waals surface area contributed by atoms with Gasteiger partial charge in [-0.15, -0.1) is 0 Å². The second-order valence-electron chi connectivity index (χ2n) is 5.71. The van der Waals surface area contributed by atoms with E-state index in [9.17, 15) is 14.9 Å². The molecule has 1 aromatic heterocycles. The lowest BCUT2D eigenvalue weighted by atomic mass is 10.1. The summed E-state index contributed by atoms with van der Waals surface area (Å²) >= 11 is 1.42. The van der Waals surface area contributed by atoms with Crippen LogP contribution in [-0.4, -0.2) is 39.7 Å². The number of nitro groups is 1. The Hall–Kier alpha value is -2.39. The van der Waals surface area contributed by atoms with E-state index in [0.717, 1.165) is 17.8 Å². The molecule has 1 aliphatic rings. The first-order valence-corrected chi connectivity index (χ1v) is 8.94. The number of rotatable bonds is 5. The molecule has 2 heterocycles.